The third-order valence-electron chi connectivity index (χ3n) is 4.04. The SMILES string of the molecule is CC(N)CCC(=O)NC1(c2cccc(Cl)c2)CCCC1.Cl. The van der Waals surface area contributed by atoms with Crippen molar-refractivity contribution < 1.29 is 4.79 Å². The zero-order valence-corrected chi connectivity index (χ0v) is 14.0. The third kappa shape index (κ3) is 4.87. The van der Waals surface area contributed by atoms with Gasteiger partial charge in [0.05, 0.1) is 5.54 Å². The largest absolute Gasteiger partial charge is 0.347 e. The molecule has 0 aromatic heterocycles. The first-order valence-corrected chi connectivity index (χ1v) is 7.72. The molecule has 1 aliphatic carbocycles. The summed E-state index contributed by atoms with van der Waals surface area (Å²) in [7, 11) is 0. The van der Waals surface area contributed by atoms with Crippen LogP contribution in [0.25, 0.3) is 0 Å². The smallest absolute Gasteiger partial charge is 0.220 e. The zero-order valence-electron chi connectivity index (χ0n) is 12.4. The van der Waals surface area contributed by atoms with Crippen molar-refractivity contribution in [2.75, 3.05) is 0 Å². The first-order chi connectivity index (χ1) is 9.52. The lowest BCUT2D eigenvalue weighted by atomic mass is 9.88. The van der Waals surface area contributed by atoms with Gasteiger partial charge in [0.1, 0.15) is 0 Å². The second-order valence-corrected chi connectivity index (χ2v) is 6.30. The van der Waals surface area contributed by atoms with Gasteiger partial charge in [-0.1, -0.05) is 36.6 Å². The Morgan fingerprint density at radius 3 is 2.67 bits per heavy atom. The molecule has 1 aromatic carbocycles. The van der Waals surface area contributed by atoms with Crippen LogP contribution in [0.15, 0.2) is 24.3 Å². The number of nitrogens with two attached hydrogens (primary N) is 1. The van der Waals surface area contributed by atoms with E-state index in [1.165, 1.54) is 0 Å². The predicted molar refractivity (Wildman–Crippen MR) is 89.9 cm³/mol. The second-order valence-electron chi connectivity index (χ2n) is 5.86. The standard InChI is InChI=1S/C16H23ClN2O.ClH/c1-12(18)7-8-15(20)19-16(9-2-3-10-16)13-5-4-6-14(17)11-13;/h4-6,11-12H,2-3,7-10,18H2,1H3,(H,19,20);1H. The van der Waals surface area contributed by atoms with E-state index in [4.69, 9.17) is 17.3 Å². The van der Waals surface area contributed by atoms with E-state index in [9.17, 15) is 4.79 Å². The van der Waals surface area contributed by atoms with Crippen LogP contribution in [0, 0.1) is 0 Å². The Kier molecular flexibility index (Phi) is 6.98. The first-order valence-electron chi connectivity index (χ1n) is 7.34. The Balaban J connectivity index is 0.00000220. The average Bonchev–Trinajstić information content (AvgIpc) is 2.86. The summed E-state index contributed by atoms with van der Waals surface area (Å²) in [5.74, 6) is 0.0872. The lowest BCUT2D eigenvalue weighted by Gasteiger charge is -2.31. The quantitative estimate of drug-likeness (QED) is 0.863. The van der Waals surface area contributed by atoms with Gasteiger partial charge in [0.25, 0.3) is 0 Å². The van der Waals surface area contributed by atoms with Crippen LogP contribution in [0.2, 0.25) is 5.02 Å². The molecule has 0 heterocycles. The van der Waals surface area contributed by atoms with Gasteiger partial charge in [0.15, 0.2) is 0 Å². The van der Waals surface area contributed by atoms with Gasteiger partial charge in [-0.2, -0.15) is 0 Å². The highest BCUT2D eigenvalue weighted by Gasteiger charge is 2.36. The van der Waals surface area contributed by atoms with Crippen molar-refractivity contribution in [3.8, 4) is 0 Å². The van der Waals surface area contributed by atoms with Crippen LogP contribution >= 0.6 is 24.0 Å². The van der Waals surface area contributed by atoms with E-state index in [0.29, 0.717) is 6.42 Å². The van der Waals surface area contributed by atoms with Crippen LogP contribution in [0.5, 0.6) is 0 Å². The van der Waals surface area contributed by atoms with Crippen LogP contribution in [0.3, 0.4) is 0 Å². The molecule has 1 amide bonds. The molecule has 0 saturated heterocycles. The molecule has 1 aromatic rings. The molecule has 2 rings (SSSR count). The van der Waals surface area contributed by atoms with Gasteiger partial charge in [-0.25, -0.2) is 0 Å². The Bertz CT molecular complexity index is 471. The lowest BCUT2D eigenvalue weighted by molar-refractivity contribution is -0.123. The van der Waals surface area contributed by atoms with Crippen LogP contribution in [-0.4, -0.2) is 11.9 Å². The van der Waals surface area contributed by atoms with Crippen molar-refractivity contribution in [1.29, 1.82) is 0 Å². The maximum Gasteiger partial charge on any atom is 0.220 e. The number of rotatable bonds is 5. The Morgan fingerprint density at radius 2 is 2.10 bits per heavy atom. The highest BCUT2D eigenvalue weighted by molar-refractivity contribution is 6.30. The topological polar surface area (TPSA) is 55.1 Å². The minimum Gasteiger partial charge on any atom is -0.347 e. The maximum atomic E-state index is 12.2. The van der Waals surface area contributed by atoms with Crippen LogP contribution < -0.4 is 11.1 Å². The Morgan fingerprint density at radius 1 is 1.43 bits per heavy atom. The predicted octanol–water partition coefficient (Wildman–Crippen LogP) is 3.77. The van der Waals surface area contributed by atoms with Gasteiger partial charge in [-0.15, -0.1) is 12.4 Å². The number of halogens is 2. The van der Waals surface area contributed by atoms with Crippen molar-refractivity contribution in [1.82, 2.24) is 5.32 Å². The number of amides is 1. The van der Waals surface area contributed by atoms with Crippen LogP contribution in [0.4, 0.5) is 0 Å². The summed E-state index contributed by atoms with van der Waals surface area (Å²) in [6, 6.07) is 7.91. The normalized spacial score (nSPS) is 17.9. The first kappa shape index (κ1) is 18.3. The number of benzene rings is 1. The number of hydrogen-bond acceptors (Lipinski definition) is 2. The molecule has 1 atom stereocenters. The molecular formula is C16H24Cl2N2O. The average molecular weight is 331 g/mol. The molecule has 118 valence electrons. The van der Waals surface area contributed by atoms with Gasteiger partial charge < -0.3 is 11.1 Å². The van der Waals surface area contributed by atoms with Crippen molar-refractivity contribution in [2.45, 2.75) is 57.0 Å². The highest BCUT2D eigenvalue weighted by atomic mass is 35.5. The van der Waals surface area contributed by atoms with Crippen molar-refractivity contribution in [3.63, 3.8) is 0 Å². The molecule has 5 heteroatoms. The van der Waals surface area contributed by atoms with Gasteiger partial charge in [0, 0.05) is 17.5 Å². The third-order valence-corrected chi connectivity index (χ3v) is 4.27. The molecule has 21 heavy (non-hydrogen) atoms. The van der Waals surface area contributed by atoms with Gasteiger partial charge in [-0.05, 0) is 43.9 Å². The molecule has 0 radical (unpaired) electrons. The summed E-state index contributed by atoms with van der Waals surface area (Å²) in [6.45, 7) is 1.93. The highest BCUT2D eigenvalue weighted by Crippen LogP contribution is 2.39. The van der Waals surface area contributed by atoms with Crippen LogP contribution in [-0.2, 0) is 10.3 Å². The molecule has 0 bridgehead atoms. The van der Waals surface area contributed by atoms with Crippen molar-refractivity contribution in [2.24, 2.45) is 5.73 Å². The fourth-order valence-corrected chi connectivity index (χ4v) is 3.13. The van der Waals surface area contributed by atoms with E-state index in [2.05, 4.69) is 11.4 Å². The van der Waals surface area contributed by atoms with E-state index >= 15 is 0 Å². The number of nitrogens with one attached hydrogen (secondary N) is 1. The summed E-state index contributed by atoms with van der Waals surface area (Å²) >= 11 is 6.10. The molecule has 0 spiro atoms. The van der Waals surface area contributed by atoms with E-state index in [1.54, 1.807) is 0 Å². The molecule has 1 aliphatic rings. The summed E-state index contributed by atoms with van der Waals surface area (Å²) in [5, 5.41) is 3.96. The second kappa shape index (κ2) is 8.02. The van der Waals surface area contributed by atoms with Gasteiger partial charge in [0.2, 0.25) is 5.91 Å². The van der Waals surface area contributed by atoms with Crippen molar-refractivity contribution >= 4 is 29.9 Å². The molecule has 3 N–H and O–H groups in total. The summed E-state index contributed by atoms with van der Waals surface area (Å²) in [4.78, 5) is 12.2. The Labute approximate surface area is 138 Å². The summed E-state index contributed by atoms with van der Waals surface area (Å²) in [5.41, 5.74) is 6.60. The molecular weight excluding hydrogens is 307 g/mol. The Hall–Kier alpha value is -0.770. The zero-order chi connectivity index (χ0) is 14.6. The minimum absolute atomic E-state index is 0. The monoisotopic (exact) mass is 330 g/mol. The van der Waals surface area contributed by atoms with Crippen molar-refractivity contribution in [3.05, 3.63) is 34.9 Å². The molecule has 3 nitrogen and oxygen atoms in total. The molecule has 1 unspecified atom stereocenters. The van der Waals surface area contributed by atoms with E-state index in [0.717, 1.165) is 42.7 Å². The van der Waals surface area contributed by atoms with Gasteiger partial charge in [-0.3, -0.25) is 4.79 Å². The van der Waals surface area contributed by atoms with Gasteiger partial charge >= 0.3 is 0 Å². The fraction of sp³-hybridized carbons (Fsp3) is 0.562. The number of hydrogen-bond donors (Lipinski definition) is 2. The minimum atomic E-state index is -0.236. The number of carbonyl (C=O) groups is 1. The molecule has 1 fully saturated rings. The van der Waals surface area contributed by atoms with E-state index in [-0.39, 0.29) is 29.9 Å². The summed E-state index contributed by atoms with van der Waals surface area (Å²) < 4.78 is 0. The number of carbonyl (C=O) groups excluding carboxylic acids is 1. The maximum absolute atomic E-state index is 12.2. The fourth-order valence-electron chi connectivity index (χ4n) is 2.94. The van der Waals surface area contributed by atoms with E-state index < -0.39 is 0 Å². The van der Waals surface area contributed by atoms with Crippen LogP contribution in [0.1, 0.15) is 51.0 Å². The molecule has 0 aliphatic heterocycles. The summed E-state index contributed by atoms with van der Waals surface area (Å²) in [6.07, 6.45) is 5.45. The lowest BCUT2D eigenvalue weighted by Crippen LogP contribution is -2.44. The van der Waals surface area contributed by atoms with E-state index in [1.807, 2.05) is 25.1 Å². The molecule has 1 saturated carbocycles.